The Labute approximate surface area is 112 Å². The molecule has 0 radical (unpaired) electrons. The van der Waals surface area contributed by atoms with Crippen LogP contribution >= 0.6 is 12.2 Å². The third-order valence-corrected chi connectivity index (χ3v) is 4.15. The van der Waals surface area contributed by atoms with E-state index in [1.165, 1.54) is 0 Å². The van der Waals surface area contributed by atoms with Crippen LogP contribution in [0.1, 0.15) is 26.7 Å². The van der Waals surface area contributed by atoms with Gasteiger partial charge in [0.15, 0.2) is 0 Å². The van der Waals surface area contributed by atoms with Crippen LogP contribution in [0.4, 0.5) is 4.79 Å². The van der Waals surface area contributed by atoms with Gasteiger partial charge in [0.2, 0.25) is 0 Å². The molecule has 7 nitrogen and oxygen atoms in total. The normalized spacial score (nSPS) is 20.9. The van der Waals surface area contributed by atoms with E-state index >= 15 is 0 Å². The summed E-state index contributed by atoms with van der Waals surface area (Å²) in [6, 6.07) is -0.538. The lowest BCUT2D eigenvalue weighted by atomic mass is 10.2. The molecule has 18 heavy (non-hydrogen) atoms. The first-order chi connectivity index (χ1) is 8.24. The Hall–Kier alpha value is -0.930. The van der Waals surface area contributed by atoms with Gasteiger partial charge in [-0.15, -0.1) is 0 Å². The second-order valence-electron chi connectivity index (χ2n) is 4.23. The van der Waals surface area contributed by atoms with Crippen molar-refractivity contribution < 1.29 is 17.9 Å². The first-order valence-electron chi connectivity index (χ1n) is 5.53. The minimum Gasteiger partial charge on any atom is -0.446 e. The third-order valence-electron chi connectivity index (χ3n) is 2.40. The number of nitrogens with one attached hydrogen (secondary N) is 1. The molecule has 0 spiro atoms. The van der Waals surface area contributed by atoms with Gasteiger partial charge in [-0.1, -0.05) is 12.2 Å². The van der Waals surface area contributed by atoms with Crippen molar-refractivity contribution in [3.05, 3.63) is 0 Å². The summed E-state index contributed by atoms with van der Waals surface area (Å²) in [6.45, 7) is 3.53. The van der Waals surface area contributed by atoms with Gasteiger partial charge in [0.1, 0.15) is 0 Å². The molecule has 9 heteroatoms. The van der Waals surface area contributed by atoms with E-state index in [0.29, 0.717) is 12.8 Å². The molecule has 0 aromatic heterocycles. The zero-order chi connectivity index (χ0) is 13.9. The fraction of sp³-hybridized carbons (Fsp3) is 0.778. The predicted molar refractivity (Wildman–Crippen MR) is 70.2 cm³/mol. The minimum atomic E-state index is -3.96. The number of nitrogens with zero attached hydrogens (tertiary/aromatic N) is 1. The van der Waals surface area contributed by atoms with Crippen LogP contribution in [0.2, 0.25) is 0 Å². The molecule has 1 unspecified atom stereocenters. The van der Waals surface area contributed by atoms with Crippen LogP contribution in [-0.2, 0) is 14.9 Å². The average Bonchev–Trinajstić information content (AvgIpc) is 2.63. The van der Waals surface area contributed by atoms with Gasteiger partial charge in [-0.3, -0.25) is 0 Å². The molecule has 0 aromatic rings. The van der Waals surface area contributed by atoms with Crippen molar-refractivity contribution in [2.45, 2.75) is 38.8 Å². The van der Waals surface area contributed by atoms with E-state index in [-0.39, 0.29) is 11.5 Å². The van der Waals surface area contributed by atoms with Crippen LogP contribution in [0.5, 0.6) is 0 Å². The number of thiocarbonyl (C=S) groups is 1. The predicted octanol–water partition coefficient (Wildman–Crippen LogP) is 0.116. The Morgan fingerprint density at radius 2 is 2.17 bits per heavy atom. The van der Waals surface area contributed by atoms with E-state index in [2.05, 4.69) is 0 Å². The summed E-state index contributed by atoms with van der Waals surface area (Å²) >= 11 is 4.81. The van der Waals surface area contributed by atoms with Crippen LogP contribution < -0.4 is 10.5 Å². The molecule has 1 saturated heterocycles. The first kappa shape index (κ1) is 15.1. The molecule has 0 aromatic carbocycles. The van der Waals surface area contributed by atoms with Crippen LogP contribution in [-0.4, -0.2) is 42.5 Å². The Morgan fingerprint density at radius 3 is 2.67 bits per heavy atom. The summed E-state index contributed by atoms with van der Waals surface area (Å²) in [5.41, 5.74) is 5.48. The standard InChI is InChI=1S/C9H17N3O4S2/c1-6(2)16-9(13)11-18(14,15)12-5-3-4-7(12)8(10)17/h6-7H,3-5H2,1-2H3,(H2,10,17)(H,11,13). The van der Waals surface area contributed by atoms with Gasteiger partial charge in [0, 0.05) is 6.54 Å². The van der Waals surface area contributed by atoms with Crippen LogP contribution in [0.15, 0.2) is 0 Å². The number of nitrogens with two attached hydrogens (primary N) is 1. The molecule has 3 N–H and O–H groups in total. The molecule has 0 bridgehead atoms. The van der Waals surface area contributed by atoms with E-state index in [4.69, 9.17) is 22.7 Å². The van der Waals surface area contributed by atoms with Crippen LogP contribution in [0, 0.1) is 0 Å². The number of rotatable bonds is 4. The van der Waals surface area contributed by atoms with E-state index in [1.54, 1.807) is 13.8 Å². The molecular formula is C9H17N3O4S2. The Balaban J connectivity index is 2.74. The number of carbonyl (C=O) groups is 1. The number of carbonyl (C=O) groups excluding carboxylic acids is 1. The molecule has 1 aliphatic rings. The Morgan fingerprint density at radius 1 is 1.56 bits per heavy atom. The van der Waals surface area contributed by atoms with Gasteiger partial charge in [-0.25, -0.2) is 9.52 Å². The van der Waals surface area contributed by atoms with Gasteiger partial charge in [0.05, 0.1) is 17.1 Å². The maximum absolute atomic E-state index is 11.9. The SMILES string of the molecule is CC(C)OC(=O)NS(=O)(=O)N1CCCC1C(N)=S. The van der Waals surface area contributed by atoms with Crippen molar-refractivity contribution in [1.29, 1.82) is 0 Å². The average molecular weight is 295 g/mol. The Kier molecular flexibility index (Phi) is 4.88. The summed E-state index contributed by atoms with van der Waals surface area (Å²) < 4.78 is 31.5. The van der Waals surface area contributed by atoms with Crippen LogP contribution in [0.3, 0.4) is 0 Å². The molecule has 1 heterocycles. The van der Waals surface area contributed by atoms with E-state index < -0.39 is 28.4 Å². The maximum atomic E-state index is 11.9. The van der Waals surface area contributed by atoms with Crippen molar-refractivity contribution in [3.63, 3.8) is 0 Å². The second kappa shape index (κ2) is 5.81. The summed E-state index contributed by atoms with van der Waals surface area (Å²) in [5, 5.41) is 0. The minimum absolute atomic E-state index is 0.107. The molecule has 1 atom stereocenters. The summed E-state index contributed by atoms with van der Waals surface area (Å²) in [7, 11) is -3.96. The lowest BCUT2D eigenvalue weighted by Crippen LogP contribution is -2.49. The van der Waals surface area contributed by atoms with Crippen molar-refractivity contribution in [1.82, 2.24) is 9.03 Å². The maximum Gasteiger partial charge on any atom is 0.422 e. The van der Waals surface area contributed by atoms with E-state index in [0.717, 1.165) is 4.31 Å². The van der Waals surface area contributed by atoms with E-state index in [1.807, 2.05) is 4.72 Å². The molecule has 1 fully saturated rings. The highest BCUT2D eigenvalue weighted by molar-refractivity contribution is 7.87. The van der Waals surface area contributed by atoms with Crippen molar-refractivity contribution in [3.8, 4) is 0 Å². The lowest BCUT2D eigenvalue weighted by molar-refractivity contribution is 0.121. The number of hydrogen-bond donors (Lipinski definition) is 2. The zero-order valence-electron chi connectivity index (χ0n) is 10.3. The fourth-order valence-corrected chi connectivity index (χ4v) is 3.33. The summed E-state index contributed by atoms with van der Waals surface area (Å²) in [6.07, 6.45) is -0.179. The molecule has 104 valence electrons. The number of amides is 1. The number of hydrogen-bond acceptors (Lipinski definition) is 5. The molecule has 0 aliphatic carbocycles. The highest BCUT2D eigenvalue weighted by Gasteiger charge is 2.37. The Bertz CT molecular complexity index is 435. The van der Waals surface area contributed by atoms with Crippen molar-refractivity contribution in [2.24, 2.45) is 5.73 Å². The molecule has 1 amide bonds. The van der Waals surface area contributed by atoms with Gasteiger partial charge in [-0.05, 0) is 26.7 Å². The van der Waals surface area contributed by atoms with Crippen LogP contribution in [0.25, 0.3) is 0 Å². The smallest absolute Gasteiger partial charge is 0.422 e. The second-order valence-corrected chi connectivity index (χ2v) is 6.33. The quantitative estimate of drug-likeness (QED) is 0.714. The molecule has 1 aliphatic heterocycles. The third kappa shape index (κ3) is 3.79. The highest BCUT2D eigenvalue weighted by Crippen LogP contribution is 2.20. The highest BCUT2D eigenvalue weighted by atomic mass is 32.2. The van der Waals surface area contributed by atoms with Gasteiger partial charge >= 0.3 is 16.3 Å². The van der Waals surface area contributed by atoms with Crippen molar-refractivity contribution in [2.75, 3.05) is 6.54 Å². The summed E-state index contributed by atoms with van der Waals surface area (Å²) in [5.74, 6) is 0. The van der Waals surface area contributed by atoms with Gasteiger partial charge < -0.3 is 10.5 Å². The topological polar surface area (TPSA) is 102 Å². The lowest BCUT2D eigenvalue weighted by Gasteiger charge is -2.23. The monoisotopic (exact) mass is 295 g/mol. The number of ether oxygens (including phenoxy) is 1. The molecule has 1 rings (SSSR count). The van der Waals surface area contributed by atoms with Gasteiger partial charge in [-0.2, -0.15) is 12.7 Å². The van der Waals surface area contributed by atoms with Gasteiger partial charge in [0.25, 0.3) is 0 Å². The molecule has 0 saturated carbocycles. The van der Waals surface area contributed by atoms with Crippen molar-refractivity contribution >= 4 is 33.5 Å². The summed E-state index contributed by atoms with van der Waals surface area (Å²) in [4.78, 5) is 11.4. The van der Waals surface area contributed by atoms with E-state index in [9.17, 15) is 13.2 Å². The largest absolute Gasteiger partial charge is 0.446 e. The molecular weight excluding hydrogens is 278 g/mol. The fourth-order valence-electron chi connectivity index (χ4n) is 1.71. The first-order valence-corrected chi connectivity index (χ1v) is 7.38. The zero-order valence-corrected chi connectivity index (χ0v) is 11.9.